The summed E-state index contributed by atoms with van der Waals surface area (Å²) in [6.07, 6.45) is 0. The van der Waals surface area contributed by atoms with Gasteiger partial charge in [0.15, 0.2) is 0 Å². The van der Waals surface area contributed by atoms with Crippen LogP contribution >= 0.6 is 0 Å². The van der Waals surface area contributed by atoms with Gasteiger partial charge in [-0.2, -0.15) is 4.31 Å². The molecule has 1 aromatic rings. The number of benzene rings is 1. The lowest BCUT2D eigenvalue weighted by Gasteiger charge is -2.21. The van der Waals surface area contributed by atoms with Crippen molar-refractivity contribution in [2.45, 2.75) is 11.8 Å². The highest BCUT2D eigenvalue weighted by Crippen LogP contribution is 2.16. The fourth-order valence-electron chi connectivity index (χ4n) is 1.44. The van der Waals surface area contributed by atoms with Gasteiger partial charge in [0, 0.05) is 20.6 Å². The average Bonchev–Trinajstić information content (AvgIpc) is 2.35. The maximum absolute atomic E-state index is 13.1. The van der Waals surface area contributed by atoms with E-state index in [0.717, 1.165) is 10.4 Å². The lowest BCUT2D eigenvalue weighted by Crippen LogP contribution is -2.40. The van der Waals surface area contributed by atoms with E-state index in [4.69, 9.17) is 0 Å². The molecule has 7 heteroatoms. The van der Waals surface area contributed by atoms with Gasteiger partial charge in [-0.25, -0.2) is 12.8 Å². The fourth-order valence-corrected chi connectivity index (χ4v) is 2.87. The van der Waals surface area contributed by atoms with E-state index >= 15 is 0 Å². The van der Waals surface area contributed by atoms with E-state index in [0.29, 0.717) is 0 Å². The molecule has 0 saturated carbocycles. The highest BCUT2D eigenvalue weighted by molar-refractivity contribution is 7.89. The Morgan fingerprint density at radius 3 is 2.42 bits per heavy atom. The Hall–Kier alpha value is -1.47. The molecule has 0 spiro atoms. The van der Waals surface area contributed by atoms with E-state index in [-0.39, 0.29) is 23.9 Å². The smallest absolute Gasteiger partial charge is 0.243 e. The highest BCUT2D eigenvalue weighted by atomic mass is 32.2. The molecule has 106 valence electrons. The Labute approximate surface area is 112 Å². The second-order valence-corrected chi connectivity index (χ2v) is 6.11. The summed E-state index contributed by atoms with van der Waals surface area (Å²) in [6, 6.07) is 4.74. The van der Waals surface area contributed by atoms with Gasteiger partial charge in [0.25, 0.3) is 0 Å². The Morgan fingerprint density at radius 2 is 1.95 bits per heavy atom. The van der Waals surface area contributed by atoms with Crippen LogP contribution in [0.25, 0.3) is 0 Å². The molecule has 1 rings (SSSR count). The molecule has 0 radical (unpaired) electrons. The van der Waals surface area contributed by atoms with Crippen LogP contribution in [0.5, 0.6) is 0 Å². The summed E-state index contributed by atoms with van der Waals surface area (Å²) in [5.41, 5.74) is 0. The minimum atomic E-state index is -3.86. The number of hydrogen-bond acceptors (Lipinski definition) is 3. The van der Waals surface area contributed by atoms with Gasteiger partial charge in [-0.3, -0.25) is 4.79 Å². The zero-order valence-electron chi connectivity index (χ0n) is 11.1. The third-order valence-corrected chi connectivity index (χ3v) is 4.51. The second kappa shape index (κ2) is 6.12. The number of nitrogens with zero attached hydrogens (tertiary/aromatic N) is 2. The molecular formula is C12H17FN2O3S. The Morgan fingerprint density at radius 1 is 1.32 bits per heavy atom. The fraction of sp³-hybridized carbons (Fsp3) is 0.417. The second-order valence-electron chi connectivity index (χ2n) is 4.18. The topological polar surface area (TPSA) is 57.7 Å². The van der Waals surface area contributed by atoms with Crippen molar-refractivity contribution in [1.29, 1.82) is 0 Å². The van der Waals surface area contributed by atoms with Crippen LogP contribution < -0.4 is 0 Å². The molecule has 0 aliphatic heterocycles. The lowest BCUT2D eigenvalue weighted by molar-refractivity contribution is -0.128. The Kier molecular flexibility index (Phi) is 5.02. The molecule has 0 aliphatic rings. The van der Waals surface area contributed by atoms with Crippen molar-refractivity contribution in [3.8, 4) is 0 Å². The molecule has 0 heterocycles. The minimum Gasteiger partial charge on any atom is -0.348 e. The van der Waals surface area contributed by atoms with Gasteiger partial charge < -0.3 is 4.90 Å². The number of sulfonamides is 1. The van der Waals surface area contributed by atoms with Crippen LogP contribution in [-0.4, -0.2) is 50.7 Å². The first-order chi connectivity index (χ1) is 8.78. The third-order valence-electron chi connectivity index (χ3n) is 2.60. The van der Waals surface area contributed by atoms with Gasteiger partial charge in [-0.15, -0.1) is 0 Å². The van der Waals surface area contributed by atoms with Crippen molar-refractivity contribution < 1.29 is 17.6 Å². The summed E-state index contributed by atoms with van der Waals surface area (Å²) < 4.78 is 38.6. The predicted octanol–water partition coefficient (Wildman–Crippen LogP) is 0.924. The molecule has 0 fully saturated rings. The Balaban J connectivity index is 3.06. The summed E-state index contributed by atoms with van der Waals surface area (Å²) >= 11 is 0. The van der Waals surface area contributed by atoms with Crippen molar-refractivity contribution >= 4 is 15.9 Å². The maximum atomic E-state index is 13.1. The average molecular weight is 288 g/mol. The van der Waals surface area contributed by atoms with Crippen LogP contribution in [0.2, 0.25) is 0 Å². The maximum Gasteiger partial charge on any atom is 0.243 e. The quantitative estimate of drug-likeness (QED) is 0.809. The van der Waals surface area contributed by atoms with Gasteiger partial charge in [0.1, 0.15) is 5.82 Å². The van der Waals surface area contributed by atoms with Gasteiger partial charge >= 0.3 is 0 Å². The summed E-state index contributed by atoms with van der Waals surface area (Å²) in [4.78, 5) is 12.8. The highest BCUT2D eigenvalue weighted by Gasteiger charge is 2.25. The minimum absolute atomic E-state index is 0.137. The number of rotatable bonds is 5. The van der Waals surface area contributed by atoms with Gasteiger partial charge in [0.05, 0.1) is 11.4 Å². The van der Waals surface area contributed by atoms with Crippen molar-refractivity contribution in [1.82, 2.24) is 9.21 Å². The molecule has 1 aromatic carbocycles. The first-order valence-corrected chi connectivity index (χ1v) is 7.19. The van der Waals surface area contributed by atoms with Crippen molar-refractivity contribution in [2.24, 2.45) is 0 Å². The monoisotopic (exact) mass is 288 g/mol. The summed E-state index contributed by atoms with van der Waals surface area (Å²) in [5, 5.41) is 0. The molecule has 19 heavy (non-hydrogen) atoms. The normalized spacial score (nSPS) is 11.6. The van der Waals surface area contributed by atoms with Gasteiger partial charge in [-0.1, -0.05) is 13.0 Å². The van der Waals surface area contributed by atoms with E-state index in [1.807, 2.05) is 0 Å². The molecule has 0 bridgehead atoms. The van der Waals surface area contributed by atoms with Crippen molar-refractivity contribution in [3.05, 3.63) is 30.1 Å². The lowest BCUT2D eigenvalue weighted by atomic mass is 10.4. The zero-order valence-corrected chi connectivity index (χ0v) is 11.9. The zero-order chi connectivity index (χ0) is 14.6. The van der Waals surface area contributed by atoms with Crippen molar-refractivity contribution in [3.63, 3.8) is 0 Å². The predicted molar refractivity (Wildman–Crippen MR) is 69.5 cm³/mol. The van der Waals surface area contributed by atoms with E-state index in [1.54, 1.807) is 21.0 Å². The van der Waals surface area contributed by atoms with Crippen LogP contribution in [0.4, 0.5) is 4.39 Å². The number of carbonyl (C=O) groups is 1. The first-order valence-electron chi connectivity index (χ1n) is 5.75. The van der Waals surface area contributed by atoms with E-state index in [9.17, 15) is 17.6 Å². The number of amides is 1. The van der Waals surface area contributed by atoms with E-state index < -0.39 is 15.8 Å². The van der Waals surface area contributed by atoms with E-state index in [1.165, 1.54) is 23.1 Å². The van der Waals surface area contributed by atoms with Gasteiger partial charge in [0.2, 0.25) is 15.9 Å². The molecule has 0 unspecified atom stereocenters. The molecule has 5 nitrogen and oxygen atoms in total. The number of carbonyl (C=O) groups excluding carboxylic acids is 1. The first kappa shape index (κ1) is 15.6. The van der Waals surface area contributed by atoms with Crippen LogP contribution in [0.15, 0.2) is 29.2 Å². The number of hydrogen-bond donors (Lipinski definition) is 0. The van der Waals surface area contributed by atoms with Crippen molar-refractivity contribution in [2.75, 3.05) is 27.2 Å². The summed E-state index contributed by atoms with van der Waals surface area (Å²) in [5.74, 6) is -0.960. The molecule has 1 amide bonds. The molecule has 0 atom stereocenters. The van der Waals surface area contributed by atoms with Gasteiger partial charge in [-0.05, 0) is 18.2 Å². The SMILES string of the molecule is CCN(CC(=O)N(C)C)S(=O)(=O)c1cccc(F)c1. The van der Waals surface area contributed by atoms with E-state index in [2.05, 4.69) is 0 Å². The van der Waals surface area contributed by atoms with Crippen LogP contribution in [0, 0.1) is 5.82 Å². The van der Waals surface area contributed by atoms with Crippen LogP contribution in [-0.2, 0) is 14.8 Å². The summed E-state index contributed by atoms with van der Waals surface area (Å²) in [6.45, 7) is 1.50. The van der Waals surface area contributed by atoms with Crippen LogP contribution in [0.3, 0.4) is 0 Å². The number of likely N-dealkylation sites (N-methyl/N-ethyl adjacent to an activating group) is 2. The number of halogens is 1. The molecule has 0 saturated heterocycles. The standard InChI is InChI=1S/C12H17FN2O3S/c1-4-15(9-12(16)14(2)3)19(17,18)11-7-5-6-10(13)8-11/h5-8H,4,9H2,1-3H3. The summed E-state index contributed by atoms with van der Waals surface area (Å²) in [7, 11) is -0.763. The largest absolute Gasteiger partial charge is 0.348 e. The molecule has 0 aromatic heterocycles. The molecular weight excluding hydrogens is 271 g/mol. The third kappa shape index (κ3) is 3.74. The molecule has 0 aliphatic carbocycles. The molecule has 0 N–H and O–H groups in total. The Bertz CT molecular complexity index is 558. The van der Waals surface area contributed by atoms with Crippen LogP contribution in [0.1, 0.15) is 6.92 Å².